The molecule has 0 fully saturated rings. The van der Waals surface area contributed by atoms with Crippen LogP contribution in [0.5, 0.6) is 5.75 Å². The maximum Gasteiger partial charge on any atom is 0.166 e. The Kier molecular flexibility index (Phi) is 3.74. The highest BCUT2D eigenvalue weighted by molar-refractivity contribution is 9.10. The number of hydrogen-bond donors (Lipinski definition) is 0. The Morgan fingerprint density at radius 3 is 2.54 bits per heavy atom. The van der Waals surface area contributed by atoms with E-state index in [2.05, 4.69) is 31.9 Å². The van der Waals surface area contributed by atoms with Gasteiger partial charge in [0.15, 0.2) is 11.6 Å². The highest BCUT2D eigenvalue weighted by atomic mass is 79.9. The van der Waals surface area contributed by atoms with Crippen LogP contribution in [0.2, 0.25) is 0 Å². The van der Waals surface area contributed by atoms with Crippen LogP contribution in [-0.2, 0) is 0 Å². The van der Waals surface area contributed by atoms with E-state index in [9.17, 15) is 4.39 Å². The van der Waals surface area contributed by atoms with Crippen LogP contribution in [0.3, 0.4) is 0 Å². The molecule has 1 atom stereocenters. The van der Waals surface area contributed by atoms with E-state index in [1.165, 1.54) is 13.2 Å². The summed E-state index contributed by atoms with van der Waals surface area (Å²) < 4.78 is 19.0. The molecule has 1 aromatic rings. The summed E-state index contributed by atoms with van der Waals surface area (Å²) in [6.07, 6.45) is 0. The van der Waals surface area contributed by atoms with E-state index < -0.39 is 0 Å². The number of alkyl halides is 1. The lowest BCUT2D eigenvalue weighted by molar-refractivity contribution is 0.381. The first-order valence-electron chi connectivity index (χ1n) is 3.73. The monoisotopic (exact) mass is 310 g/mol. The van der Waals surface area contributed by atoms with E-state index in [1.807, 2.05) is 13.0 Å². The normalized spacial score (nSPS) is 12.7. The molecule has 0 amide bonds. The third kappa shape index (κ3) is 2.44. The van der Waals surface area contributed by atoms with Crippen LogP contribution in [0, 0.1) is 5.82 Å². The minimum absolute atomic E-state index is 0.0643. The van der Waals surface area contributed by atoms with Crippen molar-refractivity contribution in [3.05, 3.63) is 28.0 Å². The van der Waals surface area contributed by atoms with E-state index in [4.69, 9.17) is 4.74 Å². The van der Waals surface area contributed by atoms with Crippen LogP contribution in [0.1, 0.15) is 17.3 Å². The molecule has 4 heteroatoms. The molecule has 0 N–H and O–H groups in total. The van der Waals surface area contributed by atoms with Crippen molar-refractivity contribution in [2.75, 3.05) is 7.11 Å². The molecule has 0 aliphatic carbocycles. The SMILES string of the molecule is COc1c(F)cc(Br)cc1C(C)Br. The number of methoxy groups -OCH3 is 1. The fraction of sp³-hybridized carbons (Fsp3) is 0.333. The van der Waals surface area contributed by atoms with Crippen LogP contribution in [0.15, 0.2) is 16.6 Å². The van der Waals surface area contributed by atoms with Crippen LogP contribution < -0.4 is 4.74 Å². The zero-order chi connectivity index (χ0) is 10.0. The summed E-state index contributed by atoms with van der Waals surface area (Å²) in [7, 11) is 1.46. The van der Waals surface area contributed by atoms with Gasteiger partial charge in [0.1, 0.15) is 0 Å². The molecule has 0 aliphatic rings. The van der Waals surface area contributed by atoms with Gasteiger partial charge in [0.05, 0.1) is 7.11 Å². The number of hydrogen-bond acceptors (Lipinski definition) is 1. The number of benzene rings is 1. The molecule has 0 saturated heterocycles. The smallest absolute Gasteiger partial charge is 0.166 e. The molecular formula is C9H9Br2FO. The lowest BCUT2D eigenvalue weighted by Gasteiger charge is -2.11. The van der Waals surface area contributed by atoms with Gasteiger partial charge in [-0.25, -0.2) is 4.39 Å². The van der Waals surface area contributed by atoms with E-state index >= 15 is 0 Å². The Balaban J connectivity index is 3.29. The summed E-state index contributed by atoms with van der Waals surface area (Å²) in [5.74, 6) is -0.0502. The molecule has 1 nitrogen and oxygen atoms in total. The van der Waals surface area contributed by atoms with Crippen molar-refractivity contribution in [2.24, 2.45) is 0 Å². The van der Waals surface area contributed by atoms with Crippen LogP contribution in [-0.4, -0.2) is 7.11 Å². The van der Waals surface area contributed by atoms with Crippen molar-refractivity contribution in [2.45, 2.75) is 11.8 Å². The van der Waals surface area contributed by atoms with Crippen LogP contribution in [0.25, 0.3) is 0 Å². The second kappa shape index (κ2) is 4.42. The first-order valence-corrected chi connectivity index (χ1v) is 5.44. The quantitative estimate of drug-likeness (QED) is 0.749. The van der Waals surface area contributed by atoms with Gasteiger partial charge in [-0.2, -0.15) is 0 Å². The number of halogens is 3. The number of ether oxygens (including phenoxy) is 1. The molecule has 72 valence electrons. The molecule has 0 radical (unpaired) electrons. The van der Waals surface area contributed by atoms with Gasteiger partial charge in [0.25, 0.3) is 0 Å². The summed E-state index contributed by atoms with van der Waals surface area (Å²) in [4.78, 5) is 0.0643. The second-order valence-corrected chi connectivity index (χ2v) is 4.92. The van der Waals surface area contributed by atoms with Crippen molar-refractivity contribution in [1.29, 1.82) is 0 Å². The summed E-state index contributed by atoms with van der Waals surface area (Å²) in [6, 6.07) is 3.22. The number of rotatable bonds is 2. The van der Waals surface area contributed by atoms with Crippen molar-refractivity contribution >= 4 is 31.9 Å². The summed E-state index contributed by atoms with van der Waals surface area (Å²) in [6.45, 7) is 1.92. The highest BCUT2D eigenvalue weighted by Gasteiger charge is 2.14. The zero-order valence-corrected chi connectivity index (χ0v) is 10.4. The largest absolute Gasteiger partial charge is 0.493 e. The van der Waals surface area contributed by atoms with Crippen molar-refractivity contribution in [3.8, 4) is 5.75 Å². The van der Waals surface area contributed by atoms with Crippen molar-refractivity contribution < 1.29 is 9.13 Å². The van der Waals surface area contributed by atoms with Gasteiger partial charge in [-0.05, 0) is 19.1 Å². The minimum Gasteiger partial charge on any atom is -0.493 e. The lowest BCUT2D eigenvalue weighted by Crippen LogP contribution is -1.95. The molecule has 1 unspecified atom stereocenters. The third-order valence-corrected chi connectivity index (χ3v) is 2.62. The molecule has 0 heterocycles. The first-order chi connectivity index (χ1) is 6.06. The molecular weight excluding hydrogens is 303 g/mol. The predicted molar refractivity (Wildman–Crippen MR) is 58.0 cm³/mol. The van der Waals surface area contributed by atoms with Gasteiger partial charge in [-0.15, -0.1) is 0 Å². The topological polar surface area (TPSA) is 9.23 Å². The van der Waals surface area contributed by atoms with E-state index in [0.29, 0.717) is 10.2 Å². The zero-order valence-electron chi connectivity index (χ0n) is 7.27. The summed E-state index contributed by atoms with van der Waals surface area (Å²) >= 11 is 6.60. The highest BCUT2D eigenvalue weighted by Crippen LogP contribution is 2.35. The fourth-order valence-electron chi connectivity index (χ4n) is 1.09. The Hall–Kier alpha value is -0.0900. The van der Waals surface area contributed by atoms with Crippen molar-refractivity contribution in [3.63, 3.8) is 0 Å². The molecule has 0 spiro atoms. The van der Waals surface area contributed by atoms with Crippen molar-refractivity contribution in [1.82, 2.24) is 0 Å². The summed E-state index contributed by atoms with van der Waals surface area (Å²) in [5.41, 5.74) is 0.800. The fourth-order valence-corrected chi connectivity index (χ4v) is 1.88. The van der Waals surface area contributed by atoms with E-state index in [0.717, 1.165) is 5.56 Å². The van der Waals surface area contributed by atoms with Gasteiger partial charge in [-0.3, -0.25) is 0 Å². The van der Waals surface area contributed by atoms with Gasteiger partial charge in [-0.1, -0.05) is 31.9 Å². The third-order valence-electron chi connectivity index (χ3n) is 1.67. The Morgan fingerprint density at radius 2 is 2.08 bits per heavy atom. The average Bonchev–Trinajstić information content (AvgIpc) is 2.02. The summed E-state index contributed by atoms with van der Waals surface area (Å²) in [5, 5.41) is 0. The average molecular weight is 312 g/mol. The van der Waals surface area contributed by atoms with Gasteiger partial charge >= 0.3 is 0 Å². The molecule has 1 aromatic carbocycles. The first kappa shape index (κ1) is 11.0. The maximum absolute atomic E-state index is 13.3. The Bertz CT molecular complexity index is 313. The second-order valence-electron chi connectivity index (χ2n) is 2.63. The predicted octanol–water partition coefficient (Wildman–Crippen LogP) is 4.05. The minimum atomic E-state index is -0.349. The standard InChI is InChI=1S/C9H9Br2FO/c1-5(10)7-3-6(11)4-8(12)9(7)13-2/h3-5H,1-2H3. The van der Waals surface area contributed by atoms with E-state index in [1.54, 1.807) is 0 Å². The maximum atomic E-state index is 13.3. The van der Waals surface area contributed by atoms with Gasteiger partial charge < -0.3 is 4.74 Å². The molecule has 0 aliphatic heterocycles. The lowest BCUT2D eigenvalue weighted by atomic mass is 10.1. The van der Waals surface area contributed by atoms with Gasteiger partial charge in [0.2, 0.25) is 0 Å². The van der Waals surface area contributed by atoms with Crippen LogP contribution >= 0.6 is 31.9 Å². The molecule has 0 saturated carbocycles. The Morgan fingerprint density at radius 1 is 1.46 bits per heavy atom. The van der Waals surface area contributed by atoms with E-state index in [-0.39, 0.29) is 10.6 Å². The molecule has 1 rings (SSSR count). The molecule has 0 bridgehead atoms. The molecule has 13 heavy (non-hydrogen) atoms. The van der Waals surface area contributed by atoms with Crippen LogP contribution in [0.4, 0.5) is 4.39 Å². The Labute approximate surface area is 93.5 Å². The van der Waals surface area contributed by atoms with Gasteiger partial charge in [0, 0.05) is 14.9 Å². The molecule has 0 aromatic heterocycles.